The molecule has 0 aliphatic carbocycles. The quantitative estimate of drug-likeness (QED) is 0.219. The van der Waals surface area contributed by atoms with Gasteiger partial charge in [-0.3, -0.25) is 9.36 Å². The minimum Gasteiger partial charge on any atom is -0.493 e. The summed E-state index contributed by atoms with van der Waals surface area (Å²) < 4.78 is 24.3. The Morgan fingerprint density at radius 2 is 1.74 bits per heavy atom. The molecular weight excluding hydrogens is 611 g/mol. The highest BCUT2D eigenvalue weighted by Crippen LogP contribution is 2.36. The minimum absolute atomic E-state index is 0.172. The standard InChI is InChI=1S/C32H28Cl2N2O6S/c1-5-41-31(38)28-18(2)35-32-36(29(28)20-9-11-25(39-3)26(15-20)40-4)30(37)27(43-32)16-21-14-23(34)10-12-24(21)42-17-19-7-6-8-22(33)13-19/h6-16,29H,5,17H2,1-4H3/b27-16-/t29-/m0/s1. The summed E-state index contributed by atoms with van der Waals surface area (Å²) in [7, 11) is 3.06. The lowest BCUT2D eigenvalue weighted by Crippen LogP contribution is -2.40. The molecule has 2 heterocycles. The number of fused-ring (bicyclic) bond motifs is 1. The third kappa shape index (κ3) is 6.34. The van der Waals surface area contributed by atoms with Crippen molar-refractivity contribution in [3.05, 3.63) is 118 Å². The van der Waals surface area contributed by atoms with E-state index in [1.54, 1.807) is 62.4 Å². The van der Waals surface area contributed by atoms with Crippen LogP contribution in [0.2, 0.25) is 10.0 Å². The average Bonchev–Trinajstić information content (AvgIpc) is 3.29. The van der Waals surface area contributed by atoms with Crippen molar-refractivity contribution in [1.29, 1.82) is 0 Å². The molecule has 0 bridgehead atoms. The molecule has 0 amide bonds. The van der Waals surface area contributed by atoms with Gasteiger partial charge in [0.2, 0.25) is 0 Å². The highest BCUT2D eigenvalue weighted by molar-refractivity contribution is 7.07. The van der Waals surface area contributed by atoms with E-state index in [-0.39, 0.29) is 24.3 Å². The van der Waals surface area contributed by atoms with Gasteiger partial charge in [-0.2, -0.15) is 0 Å². The average molecular weight is 640 g/mol. The number of thiazole rings is 1. The number of allylic oxidation sites excluding steroid dienone is 1. The smallest absolute Gasteiger partial charge is 0.338 e. The molecular formula is C32H28Cl2N2O6S. The van der Waals surface area contributed by atoms with E-state index in [2.05, 4.69) is 4.99 Å². The first-order valence-electron chi connectivity index (χ1n) is 13.3. The number of esters is 1. The first-order valence-corrected chi connectivity index (χ1v) is 14.9. The lowest BCUT2D eigenvalue weighted by molar-refractivity contribution is -0.139. The molecule has 0 radical (unpaired) electrons. The third-order valence-electron chi connectivity index (χ3n) is 6.78. The maximum atomic E-state index is 14.1. The zero-order valence-corrected chi connectivity index (χ0v) is 26.2. The summed E-state index contributed by atoms with van der Waals surface area (Å²) >= 11 is 13.7. The van der Waals surface area contributed by atoms with Gasteiger partial charge in [-0.1, -0.05) is 52.7 Å². The highest BCUT2D eigenvalue weighted by atomic mass is 35.5. The molecule has 0 saturated heterocycles. The maximum absolute atomic E-state index is 14.1. The summed E-state index contributed by atoms with van der Waals surface area (Å²) in [6, 6.07) is 17.1. The molecule has 0 unspecified atom stereocenters. The number of rotatable bonds is 9. The van der Waals surface area contributed by atoms with Crippen LogP contribution in [-0.2, 0) is 16.1 Å². The fourth-order valence-electron chi connectivity index (χ4n) is 4.82. The van der Waals surface area contributed by atoms with Gasteiger partial charge in [-0.25, -0.2) is 9.79 Å². The van der Waals surface area contributed by atoms with E-state index in [4.69, 9.17) is 42.1 Å². The molecule has 0 saturated carbocycles. The van der Waals surface area contributed by atoms with Crippen LogP contribution in [0.5, 0.6) is 17.2 Å². The predicted molar refractivity (Wildman–Crippen MR) is 167 cm³/mol. The Hall–Kier alpha value is -4.05. The van der Waals surface area contributed by atoms with Gasteiger partial charge in [-0.05, 0) is 73.5 Å². The molecule has 0 fully saturated rings. The molecule has 0 spiro atoms. The van der Waals surface area contributed by atoms with E-state index in [0.717, 1.165) is 5.56 Å². The number of carbonyl (C=O) groups is 1. The van der Waals surface area contributed by atoms with Gasteiger partial charge in [0, 0.05) is 15.6 Å². The van der Waals surface area contributed by atoms with Crippen molar-refractivity contribution >= 4 is 46.6 Å². The molecule has 0 N–H and O–H groups in total. The summed E-state index contributed by atoms with van der Waals surface area (Å²) in [6.45, 7) is 3.90. The summed E-state index contributed by atoms with van der Waals surface area (Å²) in [5.74, 6) is 0.961. The van der Waals surface area contributed by atoms with Gasteiger partial charge >= 0.3 is 5.97 Å². The number of nitrogens with zero attached hydrogens (tertiary/aromatic N) is 2. The lowest BCUT2D eigenvalue weighted by atomic mass is 9.95. The third-order valence-corrected chi connectivity index (χ3v) is 8.24. The zero-order chi connectivity index (χ0) is 30.7. The summed E-state index contributed by atoms with van der Waals surface area (Å²) in [5.41, 5.74) is 2.53. The normalized spacial score (nSPS) is 14.7. The highest BCUT2D eigenvalue weighted by Gasteiger charge is 2.34. The van der Waals surface area contributed by atoms with Gasteiger partial charge in [0.25, 0.3) is 5.56 Å². The number of carbonyl (C=O) groups excluding carboxylic acids is 1. The van der Waals surface area contributed by atoms with Gasteiger partial charge in [0.1, 0.15) is 12.4 Å². The SMILES string of the molecule is CCOC(=O)C1=C(C)N=c2s/c(=C\c3cc(Cl)ccc3OCc3cccc(Cl)c3)c(=O)n2[C@H]1c1ccc(OC)c(OC)c1. The van der Waals surface area contributed by atoms with Gasteiger partial charge in [0.15, 0.2) is 16.3 Å². The zero-order valence-electron chi connectivity index (χ0n) is 23.9. The van der Waals surface area contributed by atoms with E-state index in [9.17, 15) is 9.59 Å². The second-order valence-electron chi connectivity index (χ2n) is 9.52. The van der Waals surface area contributed by atoms with Crippen molar-refractivity contribution in [2.24, 2.45) is 4.99 Å². The predicted octanol–water partition coefficient (Wildman–Crippen LogP) is 5.70. The van der Waals surface area contributed by atoms with E-state index in [0.29, 0.717) is 53.5 Å². The summed E-state index contributed by atoms with van der Waals surface area (Å²) in [4.78, 5) is 32.4. The van der Waals surface area contributed by atoms with Crippen molar-refractivity contribution in [3.8, 4) is 17.2 Å². The van der Waals surface area contributed by atoms with Crippen molar-refractivity contribution in [3.63, 3.8) is 0 Å². The van der Waals surface area contributed by atoms with Crippen LogP contribution in [0.1, 0.15) is 36.6 Å². The van der Waals surface area contributed by atoms with Crippen LogP contribution in [0.15, 0.2) is 81.7 Å². The minimum atomic E-state index is -0.810. The summed E-state index contributed by atoms with van der Waals surface area (Å²) in [5, 5.41) is 1.10. The number of benzene rings is 3. The van der Waals surface area contributed by atoms with Gasteiger partial charge < -0.3 is 18.9 Å². The molecule has 1 aromatic heterocycles. The van der Waals surface area contributed by atoms with Crippen LogP contribution < -0.4 is 29.1 Å². The second-order valence-corrected chi connectivity index (χ2v) is 11.4. The van der Waals surface area contributed by atoms with Crippen molar-refractivity contribution in [2.75, 3.05) is 20.8 Å². The van der Waals surface area contributed by atoms with E-state index >= 15 is 0 Å². The topological polar surface area (TPSA) is 88.4 Å². The second kappa shape index (κ2) is 13.1. The Kier molecular flexibility index (Phi) is 9.25. The van der Waals surface area contributed by atoms with Crippen LogP contribution in [0.4, 0.5) is 0 Å². The van der Waals surface area contributed by atoms with Crippen LogP contribution in [0.25, 0.3) is 6.08 Å². The van der Waals surface area contributed by atoms with Gasteiger partial charge in [-0.15, -0.1) is 0 Å². The van der Waals surface area contributed by atoms with Gasteiger partial charge in [0.05, 0.1) is 42.7 Å². The van der Waals surface area contributed by atoms with Crippen molar-refractivity contribution < 1.29 is 23.7 Å². The lowest BCUT2D eigenvalue weighted by Gasteiger charge is -2.25. The Bertz CT molecular complexity index is 1910. The Labute approximate surface area is 262 Å². The van der Waals surface area contributed by atoms with Crippen LogP contribution in [0.3, 0.4) is 0 Å². The van der Waals surface area contributed by atoms with Crippen LogP contribution in [-0.4, -0.2) is 31.4 Å². The molecule has 3 aromatic carbocycles. The van der Waals surface area contributed by atoms with E-state index < -0.39 is 12.0 Å². The fourth-order valence-corrected chi connectivity index (χ4v) is 6.25. The molecule has 4 aromatic rings. The Morgan fingerprint density at radius 3 is 2.47 bits per heavy atom. The molecule has 1 aliphatic heterocycles. The first-order chi connectivity index (χ1) is 20.7. The van der Waals surface area contributed by atoms with Crippen LogP contribution >= 0.6 is 34.5 Å². The number of halogens is 2. The molecule has 11 heteroatoms. The van der Waals surface area contributed by atoms with Crippen molar-refractivity contribution in [1.82, 2.24) is 4.57 Å². The maximum Gasteiger partial charge on any atom is 0.338 e. The number of hydrogen-bond acceptors (Lipinski definition) is 8. The molecule has 222 valence electrons. The molecule has 1 atom stereocenters. The van der Waals surface area contributed by atoms with E-state index in [1.165, 1.54) is 30.1 Å². The Balaban J connectivity index is 1.64. The molecule has 5 rings (SSSR count). The first kappa shape index (κ1) is 30.4. The molecule has 1 aliphatic rings. The molecule has 43 heavy (non-hydrogen) atoms. The number of ether oxygens (including phenoxy) is 4. The summed E-state index contributed by atoms with van der Waals surface area (Å²) in [6.07, 6.45) is 1.72. The number of hydrogen-bond donors (Lipinski definition) is 0. The fraction of sp³-hybridized carbons (Fsp3) is 0.219. The number of methoxy groups -OCH3 is 2. The molecule has 8 nitrogen and oxygen atoms in total. The monoisotopic (exact) mass is 638 g/mol. The van der Waals surface area contributed by atoms with Crippen molar-refractivity contribution in [2.45, 2.75) is 26.5 Å². The Morgan fingerprint density at radius 1 is 1.00 bits per heavy atom. The van der Waals surface area contributed by atoms with E-state index in [1.807, 2.05) is 18.2 Å². The largest absolute Gasteiger partial charge is 0.493 e. The van der Waals surface area contributed by atoms with Crippen LogP contribution in [0, 0.1) is 0 Å². The number of aromatic nitrogens is 1.